The smallest absolute Gasteiger partial charge is 0.235 e. The second-order valence-electron chi connectivity index (χ2n) is 6.13. The van der Waals surface area contributed by atoms with Crippen molar-refractivity contribution in [3.8, 4) is 5.75 Å². The molecule has 1 amide bonds. The predicted molar refractivity (Wildman–Crippen MR) is 108 cm³/mol. The van der Waals surface area contributed by atoms with Gasteiger partial charge in [-0.1, -0.05) is 28.1 Å². The number of carbonyl (C=O) groups is 1. The molecule has 138 valence electrons. The summed E-state index contributed by atoms with van der Waals surface area (Å²) < 4.78 is 12.1. The van der Waals surface area contributed by atoms with Crippen LogP contribution in [0.3, 0.4) is 0 Å². The average Bonchev–Trinajstić information content (AvgIpc) is 2.68. The van der Waals surface area contributed by atoms with E-state index in [1.54, 1.807) is 18.9 Å². The van der Waals surface area contributed by atoms with Crippen molar-refractivity contribution in [1.29, 1.82) is 0 Å². The van der Waals surface area contributed by atoms with Gasteiger partial charge in [0.1, 0.15) is 11.9 Å². The Morgan fingerprint density at radius 2 is 1.92 bits per heavy atom. The van der Waals surface area contributed by atoms with E-state index in [1.165, 1.54) is 0 Å². The Balaban J connectivity index is 1.61. The minimum atomic E-state index is -0.146. The van der Waals surface area contributed by atoms with Crippen molar-refractivity contribution < 1.29 is 14.3 Å². The molecular formula is C20H22BrNO3S. The fraction of sp³-hybridized carbons (Fsp3) is 0.350. The number of carbonyl (C=O) groups excluding carboxylic acids is 1. The Morgan fingerprint density at radius 3 is 2.58 bits per heavy atom. The normalized spacial score (nSPS) is 18.4. The number of methoxy groups -OCH3 is 1. The monoisotopic (exact) mass is 435 g/mol. The molecule has 0 saturated carbocycles. The molecule has 4 nitrogen and oxygen atoms in total. The van der Waals surface area contributed by atoms with Gasteiger partial charge in [0, 0.05) is 15.9 Å². The number of halogens is 1. The first kappa shape index (κ1) is 19.3. The molecule has 2 unspecified atom stereocenters. The summed E-state index contributed by atoms with van der Waals surface area (Å²) in [5.41, 5.74) is 1.10. The first-order valence-corrected chi connectivity index (χ1v) is 10.2. The van der Waals surface area contributed by atoms with Gasteiger partial charge in [0.05, 0.1) is 25.5 Å². The standard InChI is InChI=1S/C20H22BrNO3S/c1-14(26-18-9-7-17(24-2)8-10-18)20(23)22-11-12-25-19(13-22)15-3-5-16(21)6-4-15/h3-10,14,19H,11-13H2,1-2H3. The molecule has 0 radical (unpaired) electrons. The Kier molecular flexibility index (Phi) is 6.62. The van der Waals surface area contributed by atoms with Crippen LogP contribution in [0.5, 0.6) is 5.75 Å². The van der Waals surface area contributed by atoms with E-state index in [0.717, 1.165) is 20.7 Å². The van der Waals surface area contributed by atoms with E-state index < -0.39 is 0 Å². The van der Waals surface area contributed by atoms with Crippen molar-refractivity contribution in [3.63, 3.8) is 0 Å². The van der Waals surface area contributed by atoms with Gasteiger partial charge in [0.15, 0.2) is 0 Å². The van der Waals surface area contributed by atoms with E-state index in [2.05, 4.69) is 15.9 Å². The lowest BCUT2D eigenvalue weighted by molar-refractivity contribution is -0.138. The maximum absolute atomic E-state index is 12.9. The van der Waals surface area contributed by atoms with Gasteiger partial charge in [0.25, 0.3) is 0 Å². The molecule has 3 rings (SSSR count). The molecule has 2 atom stereocenters. The van der Waals surface area contributed by atoms with Crippen LogP contribution in [-0.2, 0) is 9.53 Å². The molecule has 0 aromatic heterocycles. The first-order chi connectivity index (χ1) is 12.6. The third kappa shape index (κ3) is 4.81. The predicted octanol–water partition coefficient (Wildman–Crippen LogP) is 4.54. The number of ether oxygens (including phenoxy) is 2. The minimum Gasteiger partial charge on any atom is -0.497 e. The number of hydrogen-bond donors (Lipinski definition) is 0. The summed E-state index contributed by atoms with van der Waals surface area (Å²) in [6.45, 7) is 3.75. The molecule has 1 aliphatic heterocycles. The maximum Gasteiger partial charge on any atom is 0.235 e. The summed E-state index contributed by atoms with van der Waals surface area (Å²) >= 11 is 5.02. The molecule has 0 aliphatic carbocycles. The zero-order valence-electron chi connectivity index (χ0n) is 14.9. The molecule has 6 heteroatoms. The largest absolute Gasteiger partial charge is 0.497 e. The van der Waals surface area contributed by atoms with Crippen LogP contribution in [-0.4, -0.2) is 42.9 Å². The Morgan fingerprint density at radius 1 is 1.23 bits per heavy atom. The summed E-state index contributed by atoms with van der Waals surface area (Å²) in [7, 11) is 1.65. The van der Waals surface area contributed by atoms with E-state index in [0.29, 0.717) is 19.7 Å². The van der Waals surface area contributed by atoms with Crippen LogP contribution in [0.25, 0.3) is 0 Å². The Hall–Kier alpha value is -1.50. The number of thioether (sulfide) groups is 1. The highest BCUT2D eigenvalue weighted by Crippen LogP contribution is 2.29. The molecule has 26 heavy (non-hydrogen) atoms. The molecule has 2 aromatic carbocycles. The highest BCUT2D eigenvalue weighted by Gasteiger charge is 2.28. The van der Waals surface area contributed by atoms with Gasteiger partial charge >= 0.3 is 0 Å². The van der Waals surface area contributed by atoms with Crippen molar-refractivity contribution >= 4 is 33.6 Å². The Labute approximate surface area is 167 Å². The van der Waals surface area contributed by atoms with Crippen LogP contribution in [0.1, 0.15) is 18.6 Å². The SMILES string of the molecule is COc1ccc(SC(C)C(=O)N2CCOC(c3ccc(Br)cc3)C2)cc1. The summed E-state index contributed by atoms with van der Waals surface area (Å²) in [5.74, 6) is 0.968. The highest BCUT2D eigenvalue weighted by molar-refractivity contribution is 9.10. The first-order valence-electron chi connectivity index (χ1n) is 8.53. The van der Waals surface area contributed by atoms with Gasteiger partial charge in [0.2, 0.25) is 5.91 Å². The van der Waals surface area contributed by atoms with Crippen molar-refractivity contribution in [2.45, 2.75) is 23.2 Å². The molecule has 2 aromatic rings. The number of rotatable bonds is 5. The Bertz CT molecular complexity index is 736. The second-order valence-corrected chi connectivity index (χ2v) is 8.46. The number of nitrogens with zero attached hydrogens (tertiary/aromatic N) is 1. The van der Waals surface area contributed by atoms with Gasteiger partial charge in [-0.05, 0) is 48.9 Å². The summed E-state index contributed by atoms with van der Waals surface area (Å²) in [6, 6.07) is 15.9. The summed E-state index contributed by atoms with van der Waals surface area (Å²) in [6.07, 6.45) is -0.0704. The van der Waals surface area contributed by atoms with Crippen LogP contribution in [0.15, 0.2) is 57.9 Å². The fourth-order valence-electron chi connectivity index (χ4n) is 2.89. The highest BCUT2D eigenvalue weighted by atomic mass is 79.9. The third-order valence-electron chi connectivity index (χ3n) is 4.34. The third-order valence-corrected chi connectivity index (χ3v) is 5.97. The van der Waals surface area contributed by atoms with Crippen LogP contribution < -0.4 is 4.74 Å². The molecule has 1 fully saturated rings. The number of hydrogen-bond acceptors (Lipinski definition) is 4. The van der Waals surface area contributed by atoms with Crippen LogP contribution in [0.2, 0.25) is 0 Å². The van der Waals surface area contributed by atoms with Gasteiger partial charge in [-0.2, -0.15) is 0 Å². The lowest BCUT2D eigenvalue weighted by atomic mass is 10.1. The summed E-state index contributed by atoms with van der Waals surface area (Å²) in [5, 5.41) is -0.146. The number of morpholine rings is 1. The quantitative estimate of drug-likeness (QED) is 0.646. The van der Waals surface area contributed by atoms with Crippen molar-refractivity contribution in [3.05, 3.63) is 58.6 Å². The zero-order chi connectivity index (χ0) is 18.5. The molecule has 1 heterocycles. The van der Waals surface area contributed by atoms with Crippen LogP contribution in [0.4, 0.5) is 0 Å². The fourth-order valence-corrected chi connectivity index (χ4v) is 4.11. The molecule has 0 bridgehead atoms. The molecule has 0 spiro atoms. The minimum absolute atomic E-state index is 0.0704. The molecule has 1 aliphatic rings. The van der Waals surface area contributed by atoms with Gasteiger partial charge in [-0.3, -0.25) is 4.79 Å². The van der Waals surface area contributed by atoms with Crippen LogP contribution >= 0.6 is 27.7 Å². The molecular weight excluding hydrogens is 414 g/mol. The van der Waals surface area contributed by atoms with E-state index in [-0.39, 0.29) is 17.3 Å². The number of amides is 1. The topological polar surface area (TPSA) is 38.8 Å². The van der Waals surface area contributed by atoms with Gasteiger partial charge in [-0.25, -0.2) is 0 Å². The van der Waals surface area contributed by atoms with Gasteiger partial charge in [-0.15, -0.1) is 11.8 Å². The van der Waals surface area contributed by atoms with E-state index >= 15 is 0 Å². The molecule has 0 N–H and O–H groups in total. The maximum atomic E-state index is 12.9. The van der Waals surface area contributed by atoms with Crippen LogP contribution in [0, 0.1) is 0 Å². The van der Waals surface area contributed by atoms with Crippen molar-refractivity contribution in [2.75, 3.05) is 26.8 Å². The van der Waals surface area contributed by atoms with Crippen molar-refractivity contribution in [1.82, 2.24) is 4.90 Å². The molecule has 1 saturated heterocycles. The van der Waals surface area contributed by atoms with Crippen molar-refractivity contribution in [2.24, 2.45) is 0 Å². The van der Waals surface area contributed by atoms with E-state index in [4.69, 9.17) is 9.47 Å². The number of benzene rings is 2. The second kappa shape index (κ2) is 8.93. The average molecular weight is 436 g/mol. The zero-order valence-corrected chi connectivity index (χ0v) is 17.3. The summed E-state index contributed by atoms with van der Waals surface area (Å²) in [4.78, 5) is 15.8. The van der Waals surface area contributed by atoms with E-state index in [9.17, 15) is 4.79 Å². The lowest BCUT2D eigenvalue weighted by Gasteiger charge is -2.34. The van der Waals surface area contributed by atoms with E-state index in [1.807, 2.05) is 60.4 Å². The lowest BCUT2D eigenvalue weighted by Crippen LogP contribution is -2.45. The van der Waals surface area contributed by atoms with Gasteiger partial charge < -0.3 is 14.4 Å².